The zero-order valence-electron chi connectivity index (χ0n) is 11.3. The van der Waals surface area contributed by atoms with Crippen molar-refractivity contribution in [1.82, 2.24) is 0 Å². The normalized spacial score (nSPS) is 12.0. The molecule has 1 atom stereocenters. The van der Waals surface area contributed by atoms with Gasteiger partial charge in [0.05, 0.1) is 11.0 Å². The van der Waals surface area contributed by atoms with Gasteiger partial charge in [0.2, 0.25) is 0 Å². The second-order valence-corrected chi connectivity index (χ2v) is 5.23. The van der Waals surface area contributed by atoms with Crippen molar-refractivity contribution in [2.24, 2.45) is 0 Å². The van der Waals surface area contributed by atoms with Gasteiger partial charge in [-0.3, -0.25) is 10.1 Å². The van der Waals surface area contributed by atoms with Gasteiger partial charge in [0.25, 0.3) is 5.69 Å². The van der Waals surface area contributed by atoms with Crippen molar-refractivity contribution in [2.45, 2.75) is 19.4 Å². The molecule has 0 aromatic heterocycles. The van der Waals surface area contributed by atoms with Crippen LogP contribution in [0, 0.1) is 10.1 Å². The van der Waals surface area contributed by atoms with E-state index in [1.807, 2.05) is 6.92 Å². The van der Waals surface area contributed by atoms with Gasteiger partial charge >= 0.3 is 0 Å². The Morgan fingerprint density at radius 3 is 2.52 bits per heavy atom. The van der Waals surface area contributed by atoms with Crippen molar-refractivity contribution < 1.29 is 14.8 Å². The van der Waals surface area contributed by atoms with E-state index in [2.05, 4.69) is 15.9 Å². The molecule has 0 saturated heterocycles. The van der Waals surface area contributed by atoms with Crippen LogP contribution in [0.1, 0.15) is 25.0 Å². The molecule has 0 bridgehead atoms. The number of nitrogens with zero attached hydrogens (tertiary/aromatic N) is 1. The van der Waals surface area contributed by atoms with Crippen molar-refractivity contribution in [1.29, 1.82) is 0 Å². The summed E-state index contributed by atoms with van der Waals surface area (Å²) in [5, 5.41) is 20.6. The monoisotopic (exact) mass is 351 g/mol. The Bertz CT molecular complexity index is 643. The largest absolute Gasteiger partial charge is 0.456 e. The number of benzene rings is 2. The summed E-state index contributed by atoms with van der Waals surface area (Å²) in [7, 11) is 0. The number of ether oxygens (including phenoxy) is 1. The third-order valence-electron chi connectivity index (χ3n) is 3.02. The first kappa shape index (κ1) is 15.5. The smallest absolute Gasteiger partial charge is 0.287 e. The van der Waals surface area contributed by atoms with Crippen LogP contribution in [0.4, 0.5) is 5.69 Å². The fourth-order valence-corrected chi connectivity index (χ4v) is 2.33. The van der Waals surface area contributed by atoms with E-state index >= 15 is 0 Å². The van der Waals surface area contributed by atoms with Gasteiger partial charge in [0.15, 0.2) is 0 Å². The highest BCUT2D eigenvalue weighted by Crippen LogP contribution is 2.36. The number of nitro benzene ring substituents is 1. The lowest BCUT2D eigenvalue weighted by Crippen LogP contribution is -1.95. The van der Waals surface area contributed by atoms with Crippen LogP contribution in [-0.2, 0) is 0 Å². The molecule has 0 saturated carbocycles. The zero-order chi connectivity index (χ0) is 15.4. The molecule has 2 aromatic rings. The highest BCUT2D eigenvalue weighted by Gasteiger charge is 2.16. The van der Waals surface area contributed by atoms with Gasteiger partial charge in [-0.2, -0.15) is 0 Å². The number of hydrogen-bond donors (Lipinski definition) is 1. The first-order chi connectivity index (χ1) is 10.0. The first-order valence-electron chi connectivity index (χ1n) is 6.41. The standard InChI is InChI=1S/C15H14BrNO4/c1-2-13(18)10-6-8-11(9-7-10)21-14-5-3-4-12(15(14)16)17(19)20/h3-9,13,18H,2H2,1H3/t13-/m1/s1. The van der Waals surface area contributed by atoms with Gasteiger partial charge in [-0.1, -0.05) is 25.1 Å². The maximum Gasteiger partial charge on any atom is 0.287 e. The van der Waals surface area contributed by atoms with E-state index in [4.69, 9.17) is 4.74 Å². The molecule has 21 heavy (non-hydrogen) atoms. The molecule has 0 radical (unpaired) electrons. The van der Waals surface area contributed by atoms with Gasteiger partial charge in [-0.05, 0) is 46.1 Å². The molecule has 0 unspecified atom stereocenters. The van der Waals surface area contributed by atoms with Crippen molar-refractivity contribution in [3.05, 3.63) is 62.6 Å². The summed E-state index contributed by atoms with van der Waals surface area (Å²) in [6, 6.07) is 11.6. The summed E-state index contributed by atoms with van der Waals surface area (Å²) in [5.74, 6) is 0.913. The molecule has 2 aromatic carbocycles. The zero-order valence-corrected chi connectivity index (χ0v) is 12.9. The van der Waals surface area contributed by atoms with Gasteiger partial charge < -0.3 is 9.84 Å². The van der Waals surface area contributed by atoms with Crippen LogP contribution in [0.2, 0.25) is 0 Å². The molecular weight excluding hydrogens is 338 g/mol. The maximum absolute atomic E-state index is 10.9. The van der Waals surface area contributed by atoms with Crippen molar-refractivity contribution in [3.8, 4) is 11.5 Å². The average molecular weight is 352 g/mol. The van der Waals surface area contributed by atoms with E-state index < -0.39 is 11.0 Å². The predicted octanol–water partition coefficient (Wildman–Crippen LogP) is 4.59. The Balaban J connectivity index is 2.22. The van der Waals surface area contributed by atoms with E-state index in [-0.39, 0.29) is 5.69 Å². The average Bonchev–Trinajstić information content (AvgIpc) is 2.49. The number of halogens is 1. The molecule has 1 N–H and O–H groups in total. The van der Waals surface area contributed by atoms with Crippen LogP contribution in [0.3, 0.4) is 0 Å². The van der Waals surface area contributed by atoms with E-state index in [1.54, 1.807) is 36.4 Å². The Hall–Kier alpha value is -1.92. The lowest BCUT2D eigenvalue weighted by molar-refractivity contribution is -0.385. The van der Waals surface area contributed by atoms with E-state index in [0.29, 0.717) is 22.4 Å². The summed E-state index contributed by atoms with van der Waals surface area (Å²) < 4.78 is 5.93. The summed E-state index contributed by atoms with van der Waals surface area (Å²) >= 11 is 3.18. The SMILES string of the molecule is CC[C@@H](O)c1ccc(Oc2cccc([N+](=O)[O-])c2Br)cc1. The molecule has 0 fully saturated rings. The van der Waals surface area contributed by atoms with Crippen LogP contribution in [-0.4, -0.2) is 10.0 Å². The molecule has 0 heterocycles. The maximum atomic E-state index is 10.9. The lowest BCUT2D eigenvalue weighted by Gasteiger charge is -2.11. The molecular formula is C15H14BrNO4. The number of aliphatic hydroxyl groups is 1. The molecule has 5 nitrogen and oxygen atoms in total. The van der Waals surface area contributed by atoms with E-state index in [9.17, 15) is 15.2 Å². The van der Waals surface area contributed by atoms with E-state index in [0.717, 1.165) is 5.56 Å². The number of hydrogen-bond acceptors (Lipinski definition) is 4. The third kappa shape index (κ3) is 3.59. The number of aliphatic hydroxyl groups excluding tert-OH is 1. The number of nitro groups is 1. The van der Waals surface area contributed by atoms with Crippen LogP contribution in [0.5, 0.6) is 11.5 Å². The molecule has 0 amide bonds. The molecule has 0 spiro atoms. The fourth-order valence-electron chi connectivity index (χ4n) is 1.84. The lowest BCUT2D eigenvalue weighted by atomic mass is 10.1. The van der Waals surface area contributed by atoms with Crippen molar-refractivity contribution >= 4 is 21.6 Å². The van der Waals surface area contributed by atoms with Crippen LogP contribution in [0.15, 0.2) is 46.9 Å². The molecule has 2 rings (SSSR count). The Labute approximate surface area is 130 Å². The van der Waals surface area contributed by atoms with Crippen LogP contribution in [0.25, 0.3) is 0 Å². The summed E-state index contributed by atoms with van der Waals surface area (Å²) in [6.07, 6.45) is 0.139. The van der Waals surface area contributed by atoms with Gasteiger partial charge in [-0.25, -0.2) is 0 Å². The molecule has 0 aliphatic heterocycles. The highest BCUT2D eigenvalue weighted by molar-refractivity contribution is 9.10. The van der Waals surface area contributed by atoms with Gasteiger partial charge in [0, 0.05) is 6.07 Å². The minimum Gasteiger partial charge on any atom is -0.456 e. The van der Waals surface area contributed by atoms with Crippen LogP contribution >= 0.6 is 15.9 Å². The van der Waals surface area contributed by atoms with Crippen molar-refractivity contribution in [3.63, 3.8) is 0 Å². The molecule has 0 aliphatic carbocycles. The first-order valence-corrected chi connectivity index (χ1v) is 7.21. The quantitative estimate of drug-likeness (QED) is 0.631. The summed E-state index contributed by atoms with van der Waals surface area (Å²) in [4.78, 5) is 10.4. The predicted molar refractivity (Wildman–Crippen MR) is 82.6 cm³/mol. The summed E-state index contributed by atoms with van der Waals surface area (Å²) in [5.41, 5.74) is 0.758. The Morgan fingerprint density at radius 1 is 1.29 bits per heavy atom. The minimum atomic E-state index is -0.497. The van der Waals surface area contributed by atoms with Crippen molar-refractivity contribution in [2.75, 3.05) is 0 Å². The van der Waals surface area contributed by atoms with Gasteiger partial charge in [0.1, 0.15) is 16.0 Å². The van der Waals surface area contributed by atoms with Gasteiger partial charge in [-0.15, -0.1) is 0 Å². The number of rotatable bonds is 5. The van der Waals surface area contributed by atoms with E-state index in [1.165, 1.54) is 6.07 Å². The van der Waals surface area contributed by atoms with Crippen LogP contribution < -0.4 is 4.74 Å². The highest BCUT2D eigenvalue weighted by atomic mass is 79.9. The second-order valence-electron chi connectivity index (χ2n) is 4.44. The summed E-state index contributed by atoms with van der Waals surface area (Å²) in [6.45, 7) is 1.90. The topological polar surface area (TPSA) is 72.6 Å². The molecule has 6 heteroatoms. The second kappa shape index (κ2) is 6.69. The Morgan fingerprint density at radius 2 is 1.95 bits per heavy atom. The minimum absolute atomic E-state index is 0.0504. The molecule has 110 valence electrons. The Kier molecular flexibility index (Phi) is 4.93. The third-order valence-corrected chi connectivity index (χ3v) is 3.82. The fraction of sp³-hybridized carbons (Fsp3) is 0.200. The molecule has 0 aliphatic rings.